The molecule has 1 N–H and O–H groups in total. The molecule has 0 aliphatic carbocycles. The number of amides is 1. The van der Waals surface area contributed by atoms with E-state index in [0.29, 0.717) is 5.56 Å². The van der Waals surface area contributed by atoms with E-state index in [2.05, 4.69) is 15.3 Å². The summed E-state index contributed by atoms with van der Waals surface area (Å²) in [4.78, 5) is 15.2. The van der Waals surface area contributed by atoms with Crippen LogP contribution in [0.5, 0.6) is 0 Å². The van der Waals surface area contributed by atoms with Gasteiger partial charge in [0.2, 0.25) is 0 Å². The smallest absolute Gasteiger partial charge is 0.264 e. The summed E-state index contributed by atoms with van der Waals surface area (Å²) in [5, 5.41) is 6.17. The van der Waals surface area contributed by atoms with Gasteiger partial charge in [-0.3, -0.25) is 8.98 Å². The molecule has 12 heteroatoms. The Kier molecular flexibility index (Phi) is 7.75. The molecule has 0 unspecified atom stereocenters. The summed E-state index contributed by atoms with van der Waals surface area (Å²) in [5.74, 6) is -0.426. The molecule has 1 aliphatic rings. The van der Waals surface area contributed by atoms with Crippen molar-refractivity contribution in [1.82, 2.24) is 5.32 Å². The second-order valence-electron chi connectivity index (χ2n) is 6.02. The van der Waals surface area contributed by atoms with E-state index in [-0.39, 0.29) is 6.54 Å². The lowest BCUT2D eigenvalue weighted by atomic mass is 9.96. The first-order valence-corrected chi connectivity index (χ1v) is 10.1. The molecule has 0 spiro atoms. The van der Waals surface area contributed by atoms with E-state index in [9.17, 15) is 13.2 Å². The van der Waals surface area contributed by atoms with Crippen molar-refractivity contribution in [2.75, 3.05) is 27.0 Å². The first kappa shape index (κ1) is 22.1. The minimum atomic E-state index is -3.90. The highest BCUT2D eigenvalue weighted by molar-refractivity contribution is 7.86. The second-order valence-corrected chi connectivity index (χ2v) is 7.62. The average molecular weight is 414 g/mol. The first-order valence-electron chi connectivity index (χ1n) is 8.26. The highest BCUT2D eigenvalue weighted by Crippen LogP contribution is 2.28. The number of benzene rings is 1. The summed E-state index contributed by atoms with van der Waals surface area (Å²) in [6.07, 6.45) is -3.20. The SMILES string of the molecule is CO[C@H]1O[C@H](CN=[N+]=[N-])[C@H](OS(C)(=O)=O)[C@@H](OC)[C@H]1NC(=O)c1ccccc1. The molecule has 0 aromatic heterocycles. The first-order chi connectivity index (χ1) is 13.3. The molecule has 5 atom stereocenters. The Morgan fingerprint density at radius 1 is 1.25 bits per heavy atom. The molecular formula is C16H22N4O7S. The number of carbonyl (C=O) groups excluding carboxylic acids is 1. The van der Waals surface area contributed by atoms with Gasteiger partial charge in [-0.05, 0) is 17.7 Å². The highest BCUT2D eigenvalue weighted by Gasteiger charge is 2.49. The topological polar surface area (TPSA) is 149 Å². The average Bonchev–Trinajstić information content (AvgIpc) is 2.67. The number of hydrogen-bond donors (Lipinski definition) is 1. The van der Waals surface area contributed by atoms with E-state index < -0.39 is 46.7 Å². The molecule has 1 aromatic carbocycles. The molecule has 0 bridgehead atoms. The fourth-order valence-electron chi connectivity index (χ4n) is 2.94. The number of methoxy groups -OCH3 is 2. The number of azide groups is 1. The van der Waals surface area contributed by atoms with Crippen LogP contribution in [-0.2, 0) is 28.5 Å². The van der Waals surface area contributed by atoms with Crippen molar-refractivity contribution in [2.45, 2.75) is 30.6 Å². The van der Waals surface area contributed by atoms with Crippen molar-refractivity contribution in [3.63, 3.8) is 0 Å². The molecular weight excluding hydrogens is 392 g/mol. The van der Waals surface area contributed by atoms with Gasteiger partial charge >= 0.3 is 0 Å². The van der Waals surface area contributed by atoms with Crippen LogP contribution in [0.4, 0.5) is 0 Å². The molecule has 28 heavy (non-hydrogen) atoms. The summed E-state index contributed by atoms with van der Waals surface area (Å²) >= 11 is 0. The van der Waals surface area contributed by atoms with E-state index in [1.807, 2.05) is 0 Å². The summed E-state index contributed by atoms with van der Waals surface area (Å²) in [7, 11) is -1.20. The number of nitrogens with zero attached hydrogens (tertiary/aromatic N) is 3. The maximum absolute atomic E-state index is 12.6. The van der Waals surface area contributed by atoms with Gasteiger partial charge in [0.1, 0.15) is 18.2 Å². The number of rotatable bonds is 8. The van der Waals surface area contributed by atoms with Crippen molar-refractivity contribution in [3.8, 4) is 0 Å². The minimum Gasteiger partial charge on any atom is -0.376 e. The van der Waals surface area contributed by atoms with Gasteiger partial charge in [-0.25, -0.2) is 0 Å². The van der Waals surface area contributed by atoms with Crippen LogP contribution in [0.15, 0.2) is 35.4 Å². The summed E-state index contributed by atoms with van der Waals surface area (Å²) in [5.41, 5.74) is 8.98. The van der Waals surface area contributed by atoms with E-state index >= 15 is 0 Å². The number of hydrogen-bond acceptors (Lipinski definition) is 8. The fraction of sp³-hybridized carbons (Fsp3) is 0.562. The van der Waals surface area contributed by atoms with Crippen molar-refractivity contribution in [2.24, 2.45) is 5.11 Å². The molecule has 2 rings (SSSR count). The predicted molar refractivity (Wildman–Crippen MR) is 97.9 cm³/mol. The lowest BCUT2D eigenvalue weighted by Gasteiger charge is -2.44. The maximum atomic E-state index is 12.6. The quantitative estimate of drug-likeness (QED) is 0.286. The van der Waals surface area contributed by atoms with E-state index in [1.54, 1.807) is 30.3 Å². The summed E-state index contributed by atoms with van der Waals surface area (Å²) in [6.45, 7) is -0.213. The third-order valence-corrected chi connectivity index (χ3v) is 4.67. The zero-order chi connectivity index (χ0) is 20.7. The normalized spacial score (nSPS) is 27.6. The van der Waals surface area contributed by atoms with Crippen LogP contribution in [0.3, 0.4) is 0 Å². The van der Waals surface area contributed by atoms with Crippen molar-refractivity contribution >= 4 is 16.0 Å². The minimum absolute atomic E-state index is 0.213. The predicted octanol–water partition coefficient (Wildman–Crippen LogP) is 0.826. The zero-order valence-corrected chi connectivity index (χ0v) is 16.4. The van der Waals surface area contributed by atoms with Crippen LogP contribution in [0, 0.1) is 0 Å². The Morgan fingerprint density at radius 2 is 1.93 bits per heavy atom. The Balaban J connectivity index is 2.33. The Bertz CT molecular complexity index is 814. The number of carbonyl (C=O) groups is 1. The van der Waals surface area contributed by atoms with E-state index in [1.165, 1.54) is 14.2 Å². The Labute approximate surface area is 162 Å². The molecule has 1 aromatic rings. The van der Waals surface area contributed by atoms with Gasteiger partial charge in [-0.1, -0.05) is 23.3 Å². The van der Waals surface area contributed by atoms with Gasteiger partial charge in [-0.2, -0.15) is 8.42 Å². The van der Waals surface area contributed by atoms with E-state index in [0.717, 1.165) is 6.26 Å². The van der Waals surface area contributed by atoms with Crippen LogP contribution >= 0.6 is 0 Å². The zero-order valence-electron chi connectivity index (χ0n) is 15.6. The van der Waals surface area contributed by atoms with Gasteiger partial charge in [0.25, 0.3) is 16.0 Å². The second kappa shape index (κ2) is 9.82. The van der Waals surface area contributed by atoms with Crippen LogP contribution in [-0.4, -0.2) is 72.0 Å². The highest BCUT2D eigenvalue weighted by atomic mass is 32.2. The van der Waals surface area contributed by atoms with Gasteiger partial charge < -0.3 is 19.5 Å². The standard InChI is InChI=1S/C16H22N4O7S/c1-24-14-12(19-15(21)10-7-5-4-6-8-10)16(25-2)26-11(9-18-20-17)13(14)27-28(3,22)23/h4-8,11-14,16H,9H2,1-3H3,(H,19,21)/t11-,12-,13+,14+,16+/m1/s1. The number of nitrogens with one attached hydrogen (secondary N) is 1. The lowest BCUT2D eigenvalue weighted by molar-refractivity contribution is -0.251. The monoisotopic (exact) mass is 414 g/mol. The van der Waals surface area contributed by atoms with Crippen molar-refractivity contribution in [3.05, 3.63) is 46.3 Å². The van der Waals surface area contributed by atoms with Crippen molar-refractivity contribution in [1.29, 1.82) is 0 Å². The van der Waals surface area contributed by atoms with Gasteiger partial charge in [-0.15, -0.1) is 0 Å². The number of ether oxygens (including phenoxy) is 3. The van der Waals surface area contributed by atoms with Crippen molar-refractivity contribution < 1.29 is 31.6 Å². The van der Waals surface area contributed by atoms with Gasteiger partial charge in [0.15, 0.2) is 6.29 Å². The third kappa shape index (κ3) is 5.64. The summed E-state index contributed by atoms with van der Waals surface area (Å²) < 4.78 is 45.0. The van der Waals surface area contributed by atoms with Gasteiger partial charge in [0, 0.05) is 24.7 Å². The molecule has 1 fully saturated rings. The maximum Gasteiger partial charge on any atom is 0.264 e. The molecule has 11 nitrogen and oxygen atoms in total. The summed E-state index contributed by atoms with van der Waals surface area (Å²) in [6, 6.07) is 7.54. The third-order valence-electron chi connectivity index (χ3n) is 4.10. The molecule has 154 valence electrons. The largest absolute Gasteiger partial charge is 0.376 e. The van der Waals surface area contributed by atoms with Crippen LogP contribution in [0.25, 0.3) is 10.4 Å². The molecule has 1 amide bonds. The van der Waals surface area contributed by atoms with Crippen LogP contribution in [0.1, 0.15) is 10.4 Å². The Morgan fingerprint density at radius 3 is 2.46 bits per heavy atom. The lowest BCUT2D eigenvalue weighted by Crippen LogP contribution is -2.65. The molecule has 0 radical (unpaired) electrons. The Hall–Kier alpha value is -2.21. The van der Waals surface area contributed by atoms with Gasteiger partial charge in [0.05, 0.1) is 18.9 Å². The molecule has 1 heterocycles. The van der Waals surface area contributed by atoms with Crippen LogP contribution < -0.4 is 5.32 Å². The fourth-order valence-corrected chi connectivity index (χ4v) is 3.58. The molecule has 1 saturated heterocycles. The van der Waals surface area contributed by atoms with Crippen LogP contribution in [0.2, 0.25) is 0 Å². The molecule has 0 saturated carbocycles. The van der Waals surface area contributed by atoms with E-state index in [4.69, 9.17) is 23.9 Å². The molecule has 1 aliphatic heterocycles.